The SMILES string of the molecule is CC1=C(N2C=CCC3=CCC(C)(C)CC32)C(c2cccc(Cl)c2Cl)C(=O)CN1C(N)=O. The van der Waals surface area contributed by atoms with Crippen molar-refractivity contribution in [2.75, 3.05) is 6.54 Å². The Hall–Kier alpha value is -2.24. The zero-order valence-electron chi connectivity index (χ0n) is 18.0. The van der Waals surface area contributed by atoms with Crippen molar-refractivity contribution in [1.82, 2.24) is 9.80 Å². The fourth-order valence-corrected chi connectivity index (χ4v) is 5.36. The summed E-state index contributed by atoms with van der Waals surface area (Å²) in [6.07, 6.45) is 9.31. The van der Waals surface area contributed by atoms with Gasteiger partial charge < -0.3 is 10.6 Å². The molecular formula is C24H27Cl2N3O2. The summed E-state index contributed by atoms with van der Waals surface area (Å²) in [5.74, 6) is -0.765. The third-order valence-corrected chi connectivity index (χ3v) is 7.40. The van der Waals surface area contributed by atoms with Crippen LogP contribution in [-0.4, -0.2) is 34.2 Å². The summed E-state index contributed by atoms with van der Waals surface area (Å²) in [5.41, 5.74) is 9.16. The molecule has 164 valence electrons. The Labute approximate surface area is 193 Å². The molecule has 1 aromatic rings. The number of rotatable bonds is 2. The number of amides is 2. The van der Waals surface area contributed by atoms with E-state index in [1.54, 1.807) is 12.1 Å². The van der Waals surface area contributed by atoms with Gasteiger partial charge in [0.1, 0.15) is 0 Å². The third kappa shape index (κ3) is 3.90. The highest BCUT2D eigenvalue weighted by Gasteiger charge is 2.43. The van der Waals surface area contributed by atoms with E-state index in [0.717, 1.165) is 25.0 Å². The summed E-state index contributed by atoms with van der Waals surface area (Å²) in [7, 11) is 0. The number of hydrogen-bond acceptors (Lipinski definition) is 3. The molecule has 1 aliphatic carbocycles. The highest BCUT2D eigenvalue weighted by atomic mass is 35.5. The van der Waals surface area contributed by atoms with Crippen LogP contribution in [0.1, 0.15) is 51.5 Å². The molecule has 0 spiro atoms. The maximum atomic E-state index is 13.4. The topological polar surface area (TPSA) is 66.6 Å². The first-order chi connectivity index (χ1) is 14.6. The predicted octanol–water partition coefficient (Wildman–Crippen LogP) is 5.61. The Bertz CT molecular complexity index is 1040. The lowest BCUT2D eigenvalue weighted by molar-refractivity contribution is -0.121. The second-order valence-electron chi connectivity index (χ2n) is 9.30. The molecule has 0 saturated carbocycles. The molecular weight excluding hydrogens is 433 g/mol. The lowest BCUT2D eigenvalue weighted by atomic mass is 9.73. The van der Waals surface area contributed by atoms with Crippen LogP contribution in [0.5, 0.6) is 0 Å². The van der Waals surface area contributed by atoms with Gasteiger partial charge in [-0.05, 0) is 48.8 Å². The Morgan fingerprint density at radius 3 is 2.71 bits per heavy atom. The van der Waals surface area contributed by atoms with Gasteiger partial charge in [-0.25, -0.2) is 4.79 Å². The number of carbonyl (C=O) groups is 2. The summed E-state index contributed by atoms with van der Waals surface area (Å²) in [6, 6.07) is 4.81. The van der Waals surface area contributed by atoms with Crippen LogP contribution in [0.3, 0.4) is 0 Å². The number of carbonyl (C=O) groups excluding carboxylic acids is 2. The number of ketones is 1. The molecule has 4 rings (SSSR count). The highest BCUT2D eigenvalue weighted by Crippen LogP contribution is 2.46. The van der Waals surface area contributed by atoms with Crippen LogP contribution in [-0.2, 0) is 4.79 Å². The molecule has 2 unspecified atom stereocenters. The number of nitrogens with zero attached hydrogens (tertiary/aromatic N) is 2. The van der Waals surface area contributed by atoms with E-state index in [-0.39, 0.29) is 23.8 Å². The highest BCUT2D eigenvalue weighted by molar-refractivity contribution is 6.42. The van der Waals surface area contributed by atoms with Crippen molar-refractivity contribution < 1.29 is 9.59 Å². The Morgan fingerprint density at radius 2 is 2.00 bits per heavy atom. The normalized spacial score (nSPS) is 25.5. The standard InChI is InChI=1S/C24H27Cl2N3O2/c1-14-22(28-11-5-6-15-9-10-24(2,3)12-18(15)28)20(19(30)13-29(14)23(27)31)16-7-4-8-17(25)21(16)26/h4-5,7-9,11,18,20H,6,10,12-13H2,1-3H3,(H2,27,31). The number of hydrogen-bond donors (Lipinski definition) is 1. The molecule has 2 heterocycles. The molecule has 7 heteroatoms. The first kappa shape index (κ1) is 22.0. The zero-order chi connectivity index (χ0) is 22.5. The van der Waals surface area contributed by atoms with E-state index in [4.69, 9.17) is 28.9 Å². The molecule has 0 radical (unpaired) electrons. The van der Waals surface area contributed by atoms with Crippen LogP contribution in [0.25, 0.3) is 0 Å². The van der Waals surface area contributed by atoms with Gasteiger partial charge in [0, 0.05) is 11.9 Å². The van der Waals surface area contributed by atoms with Gasteiger partial charge in [0.15, 0.2) is 5.78 Å². The molecule has 0 bridgehead atoms. The van der Waals surface area contributed by atoms with Gasteiger partial charge in [0.2, 0.25) is 0 Å². The number of benzene rings is 1. The fraction of sp³-hybridized carbons (Fsp3) is 0.417. The van der Waals surface area contributed by atoms with Crippen LogP contribution in [0, 0.1) is 5.41 Å². The van der Waals surface area contributed by atoms with Gasteiger partial charge in [0.05, 0.1) is 34.2 Å². The largest absolute Gasteiger partial charge is 0.351 e. The number of primary amides is 1. The number of nitrogens with two attached hydrogens (primary N) is 1. The predicted molar refractivity (Wildman–Crippen MR) is 124 cm³/mol. The van der Waals surface area contributed by atoms with Gasteiger partial charge in [-0.3, -0.25) is 9.69 Å². The molecule has 0 fully saturated rings. The van der Waals surface area contributed by atoms with Crippen LogP contribution in [0.2, 0.25) is 10.0 Å². The smallest absolute Gasteiger partial charge is 0.319 e. The number of allylic oxidation sites excluding steroid dienone is 4. The summed E-state index contributed by atoms with van der Waals surface area (Å²) in [4.78, 5) is 29.1. The molecule has 2 amide bonds. The van der Waals surface area contributed by atoms with E-state index in [1.165, 1.54) is 10.5 Å². The van der Waals surface area contributed by atoms with E-state index < -0.39 is 11.9 Å². The van der Waals surface area contributed by atoms with E-state index in [0.29, 0.717) is 21.3 Å². The van der Waals surface area contributed by atoms with E-state index in [9.17, 15) is 9.59 Å². The Morgan fingerprint density at radius 1 is 1.26 bits per heavy atom. The average molecular weight is 460 g/mol. The van der Waals surface area contributed by atoms with Crippen LogP contribution in [0.15, 0.2) is 53.5 Å². The van der Waals surface area contributed by atoms with Crippen molar-refractivity contribution in [2.45, 2.75) is 52.0 Å². The molecule has 0 saturated heterocycles. The first-order valence-electron chi connectivity index (χ1n) is 10.5. The summed E-state index contributed by atoms with van der Waals surface area (Å²) < 4.78 is 0. The molecule has 5 nitrogen and oxygen atoms in total. The third-order valence-electron chi connectivity index (χ3n) is 6.57. The van der Waals surface area contributed by atoms with E-state index in [1.807, 2.05) is 19.2 Å². The first-order valence-corrected chi connectivity index (χ1v) is 11.2. The van der Waals surface area contributed by atoms with Gasteiger partial charge >= 0.3 is 6.03 Å². The molecule has 2 aliphatic heterocycles. The van der Waals surface area contributed by atoms with Crippen molar-refractivity contribution in [1.29, 1.82) is 0 Å². The second kappa shape index (κ2) is 8.03. The van der Waals surface area contributed by atoms with Gasteiger partial charge in [-0.15, -0.1) is 0 Å². The van der Waals surface area contributed by atoms with Crippen molar-refractivity contribution >= 4 is 35.0 Å². The minimum atomic E-state index is -0.639. The van der Waals surface area contributed by atoms with Gasteiger partial charge in [0.25, 0.3) is 0 Å². The Balaban J connectivity index is 1.91. The van der Waals surface area contributed by atoms with Crippen LogP contribution >= 0.6 is 23.2 Å². The maximum absolute atomic E-state index is 13.4. The maximum Gasteiger partial charge on any atom is 0.319 e. The number of urea groups is 1. The van der Waals surface area contributed by atoms with Crippen molar-refractivity contribution in [3.05, 3.63) is 69.1 Å². The van der Waals surface area contributed by atoms with Crippen LogP contribution in [0.4, 0.5) is 4.79 Å². The molecule has 31 heavy (non-hydrogen) atoms. The summed E-state index contributed by atoms with van der Waals surface area (Å²) in [6.45, 7) is 6.27. The summed E-state index contributed by atoms with van der Waals surface area (Å²) in [5, 5.41) is 0.760. The minimum Gasteiger partial charge on any atom is -0.351 e. The number of halogens is 2. The Kier molecular flexibility index (Phi) is 5.69. The van der Waals surface area contributed by atoms with E-state index >= 15 is 0 Å². The molecule has 2 N–H and O–H groups in total. The van der Waals surface area contributed by atoms with E-state index in [2.05, 4.69) is 30.9 Å². The molecule has 2 atom stereocenters. The van der Waals surface area contributed by atoms with Crippen molar-refractivity contribution in [3.63, 3.8) is 0 Å². The summed E-state index contributed by atoms with van der Waals surface area (Å²) >= 11 is 12.9. The fourth-order valence-electron chi connectivity index (χ4n) is 4.94. The molecule has 3 aliphatic rings. The molecule has 0 aromatic heterocycles. The minimum absolute atomic E-state index is 0.0887. The monoisotopic (exact) mass is 459 g/mol. The average Bonchev–Trinajstić information content (AvgIpc) is 2.70. The van der Waals surface area contributed by atoms with Crippen LogP contribution < -0.4 is 5.73 Å². The molecule has 1 aromatic carbocycles. The lowest BCUT2D eigenvalue weighted by Gasteiger charge is -2.47. The van der Waals surface area contributed by atoms with Crippen molar-refractivity contribution in [3.8, 4) is 0 Å². The number of fused-ring (bicyclic) bond motifs is 1. The quantitative estimate of drug-likeness (QED) is 0.584. The zero-order valence-corrected chi connectivity index (χ0v) is 19.5. The van der Waals surface area contributed by atoms with Gasteiger partial charge in [-0.2, -0.15) is 0 Å². The van der Waals surface area contributed by atoms with Gasteiger partial charge in [-0.1, -0.05) is 61.3 Å². The number of Topliss-reactive ketones (excluding diaryl/α,β-unsaturated/α-hetero) is 1. The lowest BCUT2D eigenvalue weighted by Crippen LogP contribution is -2.49. The van der Waals surface area contributed by atoms with Crippen molar-refractivity contribution in [2.24, 2.45) is 11.1 Å². The second-order valence-corrected chi connectivity index (χ2v) is 10.1.